The second-order valence-corrected chi connectivity index (χ2v) is 16.8. The van der Waals surface area contributed by atoms with Gasteiger partial charge in [0.2, 0.25) is 11.8 Å². The molecule has 4 amide bonds. The monoisotopic (exact) mass is 826 g/mol. The van der Waals surface area contributed by atoms with E-state index in [9.17, 15) is 19.2 Å². The van der Waals surface area contributed by atoms with Crippen LogP contribution in [0.1, 0.15) is 58.6 Å². The van der Waals surface area contributed by atoms with E-state index in [0.717, 1.165) is 71.2 Å². The summed E-state index contributed by atoms with van der Waals surface area (Å²) in [4.78, 5) is 62.0. The van der Waals surface area contributed by atoms with Crippen molar-refractivity contribution in [3.05, 3.63) is 93.9 Å². The number of imide groups is 2. The summed E-state index contributed by atoms with van der Waals surface area (Å²) in [5.41, 5.74) is 3.97. The van der Waals surface area contributed by atoms with Crippen LogP contribution in [0.2, 0.25) is 10.0 Å². The van der Waals surface area contributed by atoms with E-state index in [2.05, 4.69) is 35.8 Å². The lowest BCUT2D eigenvalue weighted by molar-refractivity contribution is -0.136. The second kappa shape index (κ2) is 14.9. The summed E-state index contributed by atoms with van der Waals surface area (Å²) < 4.78 is 14.5. The van der Waals surface area contributed by atoms with Crippen molar-refractivity contribution >= 4 is 75.5 Å². The Morgan fingerprint density at radius 2 is 1.70 bits per heavy atom. The van der Waals surface area contributed by atoms with Crippen LogP contribution in [0.15, 0.2) is 67.1 Å². The van der Waals surface area contributed by atoms with E-state index < -0.39 is 29.7 Å². The maximum Gasteiger partial charge on any atom is 0.262 e. The number of halogens is 2. The molecule has 1 unspecified atom stereocenters. The highest BCUT2D eigenvalue weighted by Crippen LogP contribution is 2.44. The van der Waals surface area contributed by atoms with E-state index in [4.69, 9.17) is 37.7 Å². The fourth-order valence-corrected chi connectivity index (χ4v) is 9.88. The van der Waals surface area contributed by atoms with Gasteiger partial charge in [-0.25, -0.2) is 9.29 Å². The van der Waals surface area contributed by atoms with Crippen molar-refractivity contribution in [2.45, 2.75) is 38.3 Å². The van der Waals surface area contributed by atoms with Crippen molar-refractivity contribution in [2.75, 3.05) is 43.4 Å². The van der Waals surface area contributed by atoms with Gasteiger partial charge in [0.15, 0.2) is 0 Å². The zero-order valence-corrected chi connectivity index (χ0v) is 33.0. The highest BCUT2D eigenvalue weighted by atomic mass is 35.5. The Hall–Kier alpha value is -5.22. The van der Waals surface area contributed by atoms with Gasteiger partial charge in [-0.15, -0.1) is 0 Å². The van der Waals surface area contributed by atoms with Crippen LogP contribution < -0.4 is 19.7 Å². The molecule has 1 spiro atoms. The lowest BCUT2D eigenvalue weighted by atomic mass is 9.74. The third-order valence-electron chi connectivity index (χ3n) is 10.8. The summed E-state index contributed by atoms with van der Waals surface area (Å²) in [5, 5.41) is 11.7. The molecule has 3 saturated heterocycles. The maximum absolute atomic E-state index is 13.1. The topological polar surface area (TPSA) is 163 Å². The number of hydrogen-bond donors (Lipinski definition) is 2. The molecule has 0 radical (unpaired) electrons. The molecular formula is C40H36Cl2N8O6S. The van der Waals surface area contributed by atoms with Crippen molar-refractivity contribution in [3.63, 3.8) is 0 Å². The number of piperidine rings is 1. The molecule has 2 atom stereocenters. The van der Waals surface area contributed by atoms with Crippen LogP contribution >= 0.6 is 35.1 Å². The predicted molar refractivity (Wildman–Crippen MR) is 215 cm³/mol. The van der Waals surface area contributed by atoms with Crippen molar-refractivity contribution in [2.24, 2.45) is 5.41 Å². The molecule has 5 aromatic rings. The number of fused-ring (bicyclic) bond motifs is 2. The summed E-state index contributed by atoms with van der Waals surface area (Å²) in [6.45, 7) is 6.29. The number of ether oxygens (including phenoxy) is 2. The van der Waals surface area contributed by atoms with Gasteiger partial charge in [-0.2, -0.15) is 5.10 Å². The van der Waals surface area contributed by atoms with Crippen LogP contribution in [0.3, 0.4) is 0 Å². The van der Waals surface area contributed by atoms with Crippen molar-refractivity contribution in [1.82, 2.24) is 34.7 Å². The van der Waals surface area contributed by atoms with E-state index in [-0.39, 0.29) is 35.5 Å². The van der Waals surface area contributed by atoms with Crippen LogP contribution in [-0.2, 0) is 9.59 Å². The van der Waals surface area contributed by atoms with E-state index in [0.29, 0.717) is 33.7 Å². The second-order valence-electron chi connectivity index (χ2n) is 14.8. The van der Waals surface area contributed by atoms with Gasteiger partial charge in [0.1, 0.15) is 35.2 Å². The molecule has 2 aromatic carbocycles. The fourth-order valence-electron chi connectivity index (χ4n) is 7.97. The average molecular weight is 828 g/mol. The minimum Gasteiger partial charge on any atom is -0.494 e. The Labute approximate surface area is 341 Å². The molecule has 7 heterocycles. The number of H-pyrrole nitrogens is 1. The highest BCUT2D eigenvalue weighted by Gasteiger charge is 2.52. The third kappa shape index (κ3) is 7.06. The van der Waals surface area contributed by atoms with Crippen LogP contribution in [0.25, 0.3) is 22.2 Å². The number of nitrogens with zero attached hydrogens (tertiary/aromatic N) is 6. The molecular weight excluding hydrogens is 791 g/mol. The van der Waals surface area contributed by atoms with Gasteiger partial charge >= 0.3 is 0 Å². The van der Waals surface area contributed by atoms with E-state index in [1.54, 1.807) is 30.6 Å². The largest absolute Gasteiger partial charge is 0.494 e. The Kier molecular flexibility index (Phi) is 9.79. The van der Waals surface area contributed by atoms with Gasteiger partial charge in [-0.05, 0) is 68.3 Å². The number of aromatic nitrogens is 4. The number of anilines is 1. The van der Waals surface area contributed by atoms with Crippen molar-refractivity contribution in [1.29, 1.82) is 0 Å². The lowest BCUT2D eigenvalue weighted by Crippen LogP contribution is -2.70. The summed E-state index contributed by atoms with van der Waals surface area (Å²) in [6.07, 6.45) is 5.58. The number of rotatable bonds is 12. The van der Waals surface area contributed by atoms with Crippen LogP contribution in [0.5, 0.6) is 11.5 Å². The summed E-state index contributed by atoms with van der Waals surface area (Å²) in [6, 6.07) is 13.7. The summed E-state index contributed by atoms with van der Waals surface area (Å²) in [7, 11) is 0. The first-order valence-electron chi connectivity index (χ1n) is 18.6. The maximum atomic E-state index is 13.1. The van der Waals surface area contributed by atoms with Gasteiger partial charge in [0.05, 0.1) is 33.3 Å². The first-order chi connectivity index (χ1) is 27.6. The molecule has 4 aliphatic heterocycles. The molecule has 4 aliphatic rings. The molecule has 3 fully saturated rings. The quantitative estimate of drug-likeness (QED) is 0.0845. The predicted octanol–water partition coefficient (Wildman–Crippen LogP) is 6.11. The Balaban J connectivity index is 0.720. The number of benzene rings is 2. The van der Waals surface area contributed by atoms with E-state index >= 15 is 0 Å². The lowest BCUT2D eigenvalue weighted by Gasteiger charge is -2.60. The van der Waals surface area contributed by atoms with Crippen LogP contribution in [-0.4, -0.2) is 97.6 Å². The van der Waals surface area contributed by atoms with Crippen LogP contribution in [0.4, 0.5) is 5.82 Å². The molecule has 0 aliphatic carbocycles. The molecule has 3 aromatic heterocycles. The molecule has 9 rings (SSSR count). The number of carbonyl (C=O) groups excluding carboxylic acids is 4. The third-order valence-corrected chi connectivity index (χ3v) is 12.5. The number of pyridine rings is 2. The standard InChI is InChI=1S/C40H36Cl2N8O6S/c1-22(35-29(41)16-43-17-30(35)42)56-25-5-7-31-28(14-25)36(47-46-31)23-3-9-33(44-15-23)48-18-40(19-48)20-49(21-40)57-12-2-11-55-24-4-6-26-27(13-24)39(54)50(38(26)53)32-8-10-34(51)45-37(32)52/h3-7,9,13-17,22,32H,2,8,10-12,18-21H2,1H3,(H,46,47)(H,45,51,52)/t22-,32?/m1/s1. The van der Waals surface area contributed by atoms with Gasteiger partial charge in [0.25, 0.3) is 11.8 Å². The number of carbonyl (C=O) groups is 4. The van der Waals surface area contributed by atoms with Gasteiger partial charge in [-0.1, -0.05) is 35.1 Å². The first-order valence-corrected chi connectivity index (χ1v) is 20.3. The smallest absolute Gasteiger partial charge is 0.262 e. The molecule has 57 heavy (non-hydrogen) atoms. The molecule has 2 N–H and O–H groups in total. The van der Waals surface area contributed by atoms with E-state index in [1.165, 1.54) is 0 Å². The van der Waals surface area contributed by atoms with E-state index in [1.807, 2.05) is 49.3 Å². The molecule has 17 heteroatoms. The Morgan fingerprint density at radius 1 is 0.930 bits per heavy atom. The average Bonchev–Trinajstić information content (AvgIpc) is 3.69. The fraction of sp³-hybridized carbons (Fsp3) is 0.325. The molecule has 14 nitrogen and oxygen atoms in total. The Bertz CT molecular complexity index is 2410. The molecule has 0 bridgehead atoms. The van der Waals surface area contributed by atoms with Crippen molar-refractivity contribution < 1.29 is 28.7 Å². The van der Waals surface area contributed by atoms with Gasteiger partial charge < -0.3 is 14.4 Å². The van der Waals surface area contributed by atoms with Crippen molar-refractivity contribution in [3.8, 4) is 22.8 Å². The summed E-state index contributed by atoms with van der Waals surface area (Å²) in [5.74, 6) is 0.865. The van der Waals surface area contributed by atoms with Gasteiger partial charge in [-0.3, -0.25) is 39.5 Å². The number of amides is 4. The SMILES string of the molecule is C[C@@H](Oc1ccc2[nH]nc(-c3ccc(N4CC5(CN(SCCCOc6ccc7c(c6)C(=O)N(C6CCC(=O)NC6=O)C7=O)C5)C4)nc3)c2c1)c1c(Cl)cncc1Cl. The molecule has 0 saturated carbocycles. The van der Waals surface area contributed by atoms with Gasteiger partial charge in [0, 0.05) is 78.9 Å². The number of hydrogen-bond acceptors (Lipinski definition) is 12. The molecule has 292 valence electrons. The highest BCUT2D eigenvalue weighted by molar-refractivity contribution is 7.97. The normalized spacial score (nSPS) is 19.4. The first kappa shape index (κ1) is 37.4. The summed E-state index contributed by atoms with van der Waals surface area (Å²) >= 11 is 14.5. The number of aromatic amines is 1. The number of nitrogens with one attached hydrogen (secondary N) is 2. The minimum atomic E-state index is -0.994. The Morgan fingerprint density at radius 3 is 2.46 bits per heavy atom. The zero-order valence-electron chi connectivity index (χ0n) is 30.7. The van der Waals surface area contributed by atoms with Crippen LogP contribution in [0, 0.1) is 5.41 Å². The zero-order chi connectivity index (χ0) is 39.4. The minimum absolute atomic E-state index is 0.0770.